The van der Waals surface area contributed by atoms with Gasteiger partial charge in [0.05, 0.1) is 0 Å². The van der Waals surface area contributed by atoms with Crippen molar-refractivity contribution in [3.05, 3.63) is 0 Å². The average Bonchev–Trinajstić information content (AvgIpc) is 2.41. The number of carbonyl (C=O) groups is 3. The van der Waals surface area contributed by atoms with Gasteiger partial charge in [0, 0.05) is 51.9 Å². The Labute approximate surface area is 153 Å². The average molecular weight is 524 g/mol. The zero-order valence-electron chi connectivity index (χ0n) is 12.8. The molecular formula is C12H19BiN4O6. The summed E-state index contributed by atoms with van der Waals surface area (Å²) in [6.07, 6.45) is -4.26. The number of amides is 3. The van der Waals surface area contributed by atoms with E-state index < -0.39 is 24.3 Å². The number of carbonyl (C=O) groups excluding carboxylic acids is 3. The van der Waals surface area contributed by atoms with Crippen LogP contribution in [0.15, 0.2) is 0 Å². The maximum Gasteiger partial charge on any atom is 3.00 e. The van der Waals surface area contributed by atoms with Crippen LogP contribution in [0.25, 0.3) is 0 Å². The van der Waals surface area contributed by atoms with E-state index in [4.69, 9.17) is 0 Å². The summed E-state index contributed by atoms with van der Waals surface area (Å²) in [5.41, 5.74) is 0. The molecule has 0 saturated carbocycles. The van der Waals surface area contributed by atoms with E-state index in [1.54, 1.807) is 6.92 Å². The maximum atomic E-state index is 11.1. The summed E-state index contributed by atoms with van der Waals surface area (Å²) in [6, 6.07) is -0.638. The van der Waals surface area contributed by atoms with Crippen LogP contribution in [0, 0.1) is 0 Å². The van der Waals surface area contributed by atoms with Crippen molar-refractivity contribution in [1.29, 1.82) is 0 Å². The van der Waals surface area contributed by atoms with E-state index in [0.29, 0.717) is 13.1 Å². The topological polar surface area (TPSA) is 142 Å². The van der Waals surface area contributed by atoms with Crippen LogP contribution in [0.3, 0.4) is 0 Å². The molecule has 1 heterocycles. The van der Waals surface area contributed by atoms with E-state index in [9.17, 15) is 29.7 Å². The number of nitrogens with one attached hydrogen (secondary N) is 1. The van der Waals surface area contributed by atoms with Gasteiger partial charge in [-0.3, -0.25) is 0 Å². The van der Waals surface area contributed by atoms with Gasteiger partial charge in [0.15, 0.2) is 0 Å². The number of rotatable bonds is 0. The van der Waals surface area contributed by atoms with Crippen LogP contribution < -0.4 is 20.6 Å². The Bertz CT molecular complexity index is 424. The molecule has 2 radical (unpaired) electrons. The molecule has 1 fully saturated rings. The molecule has 128 valence electrons. The van der Waals surface area contributed by atoms with Crippen LogP contribution in [-0.2, 0) is 0 Å². The van der Waals surface area contributed by atoms with Gasteiger partial charge in [-0.25, -0.2) is 0 Å². The van der Waals surface area contributed by atoms with Gasteiger partial charge < -0.3 is 49.7 Å². The van der Waals surface area contributed by atoms with Crippen molar-refractivity contribution in [2.75, 3.05) is 45.8 Å². The zero-order valence-corrected chi connectivity index (χ0v) is 16.2. The first-order valence-electron chi connectivity index (χ1n) is 6.93. The fourth-order valence-electron chi connectivity index (χ4n) is 2.24. The molecular weight excluding hydrogens is 505 g/mol. The summed E-state index contributed by atoms with van der Waals surface area (Å²) in [7, 11) is 0. The smallest absolute Gasteiger partial charge is 0.530 e. The number of nitrogens with zero attached hydrogens (tertiary/aromatic N) is 3. The van der Waals surface area contributed by atoms with Crippen molar-refractivity contribution in [2.45, 2.75) is 13.0 Å². The molecule has 1 atom stereocenters. The van der Waals surface area contributed by atoms with Crippen LogP contribution in [0.5, 0.6) is 0 Å². The third-order valence-corrected chi connectivity index (χ3v) is 3.50. The van der Waals surface area contributed by atoms with Crippen LogP contribution in [0.1, 0.15) is 6.92 Å². The van der Waals surface area contributed by atoms with Crippen molar-refractivity contribution in [2.24, 2.45) is 0 Å². The number of hydrogen-bond acceptors (Lipinski definition) is 7. The Hall–Kier alpha value is -1.35. The Morgan fingerprint density at radius 1 is 0.870 bits per heavy atom. The normalized spacial score (nSPS) is 20.7. The molecule has 10 nitrogen and oxygen atoms in total. The minimum absolute atomic E-state index is 0. The first kappa shape index (κ1) is 21.7. The Morgan fingerprint density at radius 2 is 1.39 bits per heavy atom. The molecule has 1 saturated heterocycles. The largest absolute Gasteiger partial charge is 3.00 e. The van der Waals surface area contributed by atoms with Gasteiger partial charge in [-0.2, -0.15) is 0 Å². The molecule has 0 aromatic heterocycles. The molecule has 1 aliphatic rings. The minimum Gasteiger partial charge on any atom is -0.530 e. The molecule has 0 aliphatic carbocycles. The summed E-state index contributed by atoms with van der Waals surface area (Å²) in [5, 5.41) is 36.1. The maximum absolute atomic E-state index is 11.1. The van der Waals surface area contributed by atoms with E-state index in [1.165, 1.54) is 0 Å². The summed E-state index contributed by atoms with van der Waals surface area (Å²) in [4.78, 5) is 36.1. The summed E-state index contributed by atoms with van der Waals surface area (Å²) >= 11 is 0. The summed E-state index contributed by atoms with van der Waals surface area (Å²) in [5.74, 6) is 0. The Balaban J connectivity index is 0.00000484. The monoisotopic (exact) mass is 524 g/mol. The predicted octanol–water partition coefficient (Wildman–Crippen LogP) is -4.47. The molecule has 0 aromatic rings. The second-order valence-corrected chi connectivity index (χ2v) is 5.02. The van der Waals surface area contributed by atoms with Crippen molar-refractivity contribution in [1.82, 2.24) is 20.0 Å². The third kappa shape index (κ3) is 7.17. The molecule has 0 spiro atoms. The quantitative estimate of drug-likeness (QED) is 0.315. The molecule has 1 N–H and O–H groups in total. The van der Waals surface area contributed by atoms with Gasteiger partial charge in [-0.05, 0) is 6.92 Å². The molecule has 1 rings (SSSR count). The molecule has 23 heavy (non-hydrogen) atoms. The fraction of sp³-hybridized carbons (Fsp3) is 0.750. The van der Waals surface area contributed by atoms with Crippen LogP contribution in [0.4, 0.5) is 14.4 Å². The second-order valence-electron chi connectivity index (χ2n) is 5.02. The molecule has 3 amide bonds. The second kappa shape index (κ2) is 10.4. The zero-order chi connectivity index (χ0) is 16.7. The fourth-order valence-corrected chi connectivity index (χ4v) is 2.24. The van der Waals surface area contributed by atoms with Gasteiger partial charge in [0.1, 0.15) is 18.3 Å². The molecule has 1 aliphatic heterocycles. The van der Waals surface area contributed by atoms with Crippen molar-refractivity contribution in [3.63, 3.8) is 0 Å². The minimum atomic E-state index is -1.49. The predicted molar refractivity (Wildman–Crippen MR) is 74.1 cm³/mol. The number of hydrogen-bond donors (Lipinski definition) is 1. The van der Waals surface area contributed by atoms with E-state index >= 15 is 0 Å². The molecule has 1 unspecified atom stereocenters. The first-order valence-corrected chi connectivity index (χ1v) is 6.93. The van der Waals surface area contributed by atoms with Gasteiger partial charge in [0.2, 0.25) is 0 Å². The summed E-state index contributed by atoms with van der Waals surface area (Å²) < 4.78 is 0. The van der Waals surface area contributed by atoms with Gasteiger partial charge in [-0.1, -0.05) is 0 Å². The van der Waals surface area contributed by atoms with Crippen LogP contribution in [-0.4, -0.2) is 111 Å². The molecule has 0 aromatic carbocycles. The Kier molecular flexibility index (Phi) is 9.82. The standard InChI is InChI=1S/C12H22N4O6.Bi/c1-9-8-15(11(19)20)7-6-14(10(17)18)4-2-13-3-5-16(9)12(21)22;/h9,13H,2-8H2,1H3,(H,17,18)(H,19,20)(H,21,22);/q;+3/p-3. The van der Waals surface area contributed by atoms with Crippen molar-refractivity contribution in [3.8, 4) is 0 Å². The van der Waals surface area contributed by atoms with E-state index in [0.717, 1.165) is 14.7 Å². The summed E-state index contributed by atoms with van der Waals surface area (Å²) in [6.45, 7) is 2.04. The van der Waals surface area contributed by atoms with Gasteiger partial charge in [0.25, 0.3) is 0 Å². The van der Waals surface area contributed by atoms with Gasteiger partial charge >= 0.3 is 26.2 Å². The van der Waals surface area contributed by atoms with Crippen LogP contribution in [0.2, 0.25) is 0 Å². The Morgan fingerprint density at radius 3 is 1.91 bits per heavy atom. The molecule has 11 heteroatoms. The third-order valence-electron chi connectivity index (χ3n) is 3.50. The van der Waals surface area contributed by atoms with E-state index in [-0.39, 0.29) is 58.9 Å². The van der Waals surface area contributed by atoms with E-state index in [2.05, 4.69) is 5.32 Å². The van der Waals surface area contributed by atoms with E-state index in [1.807, 2.05) is 0 Å². The van der Waals surface area contributed by atoms with Crippen LogP contribution >= 0.6 is 0 Å². The van der Waals surface area contributed by atoms with Crippen molar-refractivity contribution < 1.29 is 29.7 Å². The first-order chi connectivity index (χ1) is 10.3. The SMILES string of the molecule is CC1CN(C(=O)[O-])CCN(C(=O)[O-])CCNCCN1C(=O)[O-].[Bi+3]. The van der Waals surface area contributed by atoms with Crippen molar-refractivity contribution >= 4 is 44.5 Å². The molecule has 0 bridgehead atoms. The number of carboxylic acid groups (broad SMARTS) is 3. The van der Waals surface area contributed by atoms with Gasteiger partial charge in [-0.15, -0.1) is 0 Å².